The Morgan fingerprint density at radius 1 is 1.73 bits per heavy atom. The van der Waals surface area contributed by atoms with Crippen LogP contribution in [-0.2, 0) is 11.3 Å². The number of primary amides is 1. The lowest BCUT2D eigenvalue weighted by atomic mass is 9.96. The Morgan fingerprint density at radius 3 is 3.27 bits per heavy atom. The predicted molar refractivity (Wildman–Crippen MR) is 56.3 cm³/mol. The van der Waals surface area contributed by atoms with Gasteiger partial charge in [-0.1, -0.05) is 0 Å². The normalized spacial score (nSPS) is 21.5. The van der Waals surface area contributed by atoms with Gasteiger partial charge in [0.05, 0.1) is 6.33 Å². The first-order valence-corrected chi connectivity index (χ1v) is 5.26. The number of carbonyl (C=O) groups is 1. The highest BCUT2D eigenvalue weighted by atomic mass is 16.1. The lowest BCUT2D eigenvalue weighted by molar-refractivity contribution is -0.118. The van der Waals surface area contributed by atoms with E-state index < -0.39 is 0 Å². The van der Waals surface area contributed by atoms with Gasteiger partial charge >= 0.3 is 0 Å². The van der Waals surface area contributed by atoms with E-state index in [1.807, 2.05) is 10.8 Å². The molecule has 5 heteroatoms. The summed E-state index contributed by atoms with van der Waals surface area (Å²) in [4.78, 5) is 14.9. The number of hydrogen-bond acceptors (Lipinski definition) is 3. The molecule has 2 heterocycles. The zero-order valence-electron chi connectivity index (χ0n) is 8.65. The van der Waals surface area contributed by atoms with Crippen molar-refractivity contribution in [2.24, 2.45) is 5.73 Å². The van der Waals surface area contributed by atoms with Crippen molar-refractivity contribution < 1.29 is 4.79 Å². The molecule has 1 aliphatic heterocycles. The van der Waals surface area contributed by atoms with E-state index in [1.54, 1.807) is 6.33 Å². The molecule has 0 bridgehead atoms. The van der Waals surface area contributed by atoms with Crippen LogP contribution in [0.3, 0.4) is 0 Å². The Morgan fingerprint density at radius 2 is 2.60 bits per heavy atom. The number of amides is 1. The van der Waals surface area contributed by atoms with Gasteiger partial charge in [-0.25, -0.2) is 4.98 Å². The highest BCUT2D eigenvalue weighted by molar-refractivity contribution is 5.73. The number of piperidine rings is 1. The molecule has 15 heavy (non-hydrogen) atoms. The standard InChI is InChI=1S/C10H16N4O/c11-10(15)6-14-7-13-5-9(14)8-2-1-3-12-4-8/h5,7-8,12H,1-4,6H2,(H2,11,15). The minimum Gasteiger partial charge on any atom is -0.368 e. The maximum absolute atomic E-state index is 10.9. The molecule has 1 amide bonds. The van der Waals surface area contributed by atoms with Gasteiger partial charge in [-0.2, -0.15) is 0 Å². The van der Waals surface area contributed by atoms with Crippen molar-refractivity contribution in [3.05, 3.63) is 18.2 Å². The van der Waals surface area contributed by atoms with Crippen molar-refractivity contribution >= 4 is 5.91 Å². The summed E-state index contributed by atoms with van der Waals surface area (Å²) < 4.78 is 1.85. The van der Waals surface area contributed by atoms with Crippen molar-refractivity contribution in [3.8, 4) is 0 Å². The minimum absolute atomic E-state index is 0.228. The number of nitrogens with one attached hydrogen (secondary N) is 1. The van der Waals surface area contributed by atoms with Gasteiger partial charge in [-0.05, 0) is 19.4 Å². The Bertz CT molecular complexity index is 341. The second kappa shape index (κ2) is 4.44. The van der Waals surface area contributed by atoms with Crippen LogP contribution >= 0.6 is 0 Å². The van der Waals surface area contributed by atoms with Crippen LogP contribution in [0, 0.1) is 0 Å². The second-order valence-corrected chi connectivity index (χ2v) is 3.96. The Labute approximate surface area is 88.7 Å². The van der Waals surface area contributed by atoms with E-state index in [-0.39, 0.29) is 12.5 Å². The highest BCUT2D eigenvalue weighted by Crippen LogP contribution is 2.22. The SMILES string of the molecule is NC(=O)Cn1cncc1C1CCCNC1. The van der Waals surface area contributed by atoms with E-state index in [0.29, 0.717) is 5.92 Å². The van der Waals surface area contributed by atoms with Crippen molar-refractivity contribution in [2.75, 3.05) is 13.1 Å². The van der Waals surface area contributed by atoms with Gasteiger partial charge in [0.15, 0.2) is 0 Å². The maximum Gasteiger partial charge on any atom is 0.237 e. The molecule has 1 aliphatic rings. The summed E-state index contributed by atoms with van der Waals surface area (Å²) in [6, 6.07) is 0. The quantitative estimate of drug-likeness (QED) is 0.724. The van der Waals surface area contributed by atoms with Gasteiger partial charge in [0.25, 0.3) is 0 Å². The third-order valence-electron chi connectivity index (χ3n) is 2.79. The largest absolute Gasteiger partial charge is 0.368 e. The summed E-state index contributed by atoms with van der Waals surface area (Å²) >= 11 is 0. The van der Waals surface area contributed by atoms with Gasteiger partial charge in [-0.3, -0.25) is 4.79 Å². The third-order valence-corrected chi connectivity index (χ3v) is 2.79. The van der Waals surface area contributed by atoms with Crippen molar-refractivity contribution in [1.29, 1.82) is 0 Å². The van der Waals surface area contributed by atoms with Crippen LogP contribution in [0.1, 0.15) is 24.5 Å². The molecule has 1 aromatic heterocycles. The molecular weight excluding hydrogens is 192 g/mol. The Balaban J connectivity index is 2.12. The number of nitrogens with two attached hydrogens (primary N) is 1. The molecule has 82 valence electrons. The predicted octanol–water partition coefficient (Wildman–Crippen LogP) is -0.165. The first kappa shape index (κ1) is 10.2. The molecule has 1 fully saturated rings. The number of hydrogen-bond donors (Lipinski definition) is 2. The summed E-state index contributed by atoms with van der Waals surface area (Å²) in [6.07, 6.45) is 5.83. The summed E-state index contributed by atoms with van der Waals surface area (Å²) in [6.45, 7) is 2.27. The van der Waals surface area contributed by atoms with Gasteiger partial charge in [-0.15, -0.1) is 0 Å². The summed E-state index contributed by atoms with van der Waals surface area (Å²) in [5.41, 5.74) is 6.29. The second-order valence-electron chi connectivity index (χ2n) is 3.96. The first-order chi connectivity index (χ1) is 7.27. The van der Waals surface area contributed by atoms with E-state index in [4.69, 9.17) is 5.73 Å². The van der Waals surface area contributed by atoms with Crippen LogP contribution < -0.4 is 11.1 Å². The molecule has 0 saturated carbocycles. The number of nitrogens with zero attached hydrogens (tertiary/aromatic N) is 2. The maximum atomic E-state index is 10.9. The lowest BCUT2D eigenvalue weighted by Gasteiger charge is -2.23. The average Bonchev–Trinajstić information content (AvgIpc) is 2.66. The van der Waals surface area contributed by atoms with E-state index in [2.05, 4.69) is 10.3 Å². The van der Waals surface area contributed by atoms with Crippen molar-refractivity contribution in [2.45, 2.75) is 25.3 Å². The lowest BCUT2D eigenvalue weighted by Crippen LogP contribution is -2.30. The fourth-order valence-electron chi connectivity index (χ4n) is 2.08. The summed E-state index contributed by atoms with van der Waals surface area (Å²) in [7, 11) is 0. The zero-order chi connectivity index (χ0) is 10.7. The van der Waals surface area contributed by atoms with Gasteiger partial charge in [0.2, 0.25) is 5.91 Å². The molecule has 5 nitrogen and oxygen atoms in total. The van der Waals surface area contributed by atoms with Crippen LogP contribution in [0.2, 0.25) is 0 Å². The fraction of sp³-hybridized carbons (Fsp3) is 0.600. The van der Waals surface area contributed by atoms with Crippen LogP contribution in [0.25, 0.3) is 0 Å². The van der Waals surface area contributed by atoms with Crippen LogP contribution in [0.15, 0.2) is 12.5 Å². The summed E-state index contributed by atoms with van der Waals surface area (Å²) in [5, 5.41) is 3.35. The monoisotopic (exact) mass is 208 g/mol. The van der Waals surface area contributed by atoms with Crippen LogP contribution in [-0.4, -0.2) is 28.5 Å². The number of aromatic nitrogens is 2. The molecule has 0 aromatic carbocycles. The molecule has 0 spiro atoms. The van der Waals surface area contributed by atoms with Gasteiger partial charge < -0.3 is 15.6 Å². The van der Waals surface area contributed by atoms with Gasteiger partial charge in [0.1, 0.15) is 6.54 Å². The summed E-state index contributed by atoms with van der Waals surface area (Å²) in [5.74, 6) is 0.138. The number of rotatable bonds is 3. The molecule has 3 N–H and O–H groups in total. The van der Waals surface area contributed by atoms with Crippen LogP contribution in [0.4, 0.5) is 0 Å². The molecule has 0 radical (unpaired) electrons. The molecule has 1 aromatic rings. The molecular formula is C10H16N4O. The number of carbonyl (C=O) groups excluding carboxylic acids is 1. The number of imidazole rings is 1. The smallest absolute Gasteiger partial charge is 0.237 e. The fourth-order valence-corrected chi connectivity index (χ4v) is 2.08. The molecule has 1 atom stereocenters. The van der Waals surface area contributed by atoms with E-state index >= 15 is 0 Å². The first-order valence-electron chi connectivity index (χ1n) is 5.26. The highest BCUT2D eigenvalue weighted by Gasteiger charge is 2.18. The molecule has 1 saturated heterocycles. The van der Waals surface area contributed by atoms with Crippen molar-refractivity contribution in [3.63, 3.8) is 0 Å². The Hall–Kier alpha value is -1.36. The average molecular weight is 208 g/mol. The molecule has 1 unspecified atom stereocenters. The molecule has 0 aliphatic carbocycles. The van der Waals surface area contributed by atoms with Crippen molar-refractivity contribution in [1.82, 2.24) is 14.9 Å². The topological polar surface area (TPSA) is 72.9 Å². The third kappa shape index (κ3) is 2.36. The van der Waals surface area contributed by atoms with Gasteiger partial charge in [0, 0.05) is 24.4 Å². The van der Waals surface area contributed by atoms with Crippen LogP contribution in [0.5, 0.6) is 0 Å². The van der Waals surface area contributed by atoms with E-state index in [1.165, 1.54) is 6.42 Å². The minimum atomic E-state index is -0.321. The van der Waals surface area contributed by atoms with E-state index in [0.717, 1.165) is 25.2 Å². The Kier molecular flexibility index (Phi) is 3.01. The van der Waals surface area contributed by atoms with E-state index in [9.17, 15) is 4.79 Å². The zero-order valence-corrected chi connectivity index (χ0v) is 8.65. The molecule has 2 rings (SSSR count).